The van der Waals surface area contributed by atoms with E-state index < -0.39 is 11.7 Å². The van der Waals surface area contributed by atoms with Crippen molar-refractivity contribution in [2.75, 3.05) is 0 Å². The monoisotopic (exact) mass is 400 g/mol. The minimum atomic E-state index is -1.16. The second-order valence-corrected chi connectivity index (χ2v) is 10.4. The molecule has 0 unspecified atom stereocenters. The number of fused-ring (bicyclic) bond motifs is 2. The summed E-state index contributed by atoms with van der Waals surface area (Å²) in [7, 11) is 0. The van der Waals surface area contributed by atoms with E-state index in [1.807, 2.05) is 19.1 Å². The highest BCUT2D eigenvalue weighted by molar-refractivity contribution is 6.01. The first-order valence-corrected chi connectivity index (χ1v) is 10.9. The third-order valence-electron chi connectivity index (χ3n) is 7.91. The average molecular weight is 401 g/mol. The van der Waals surface area contributed by atoms with Crippen LogP contribution in [0.3, 0.4) is 0 Å². The summed E-state index contributed by atoms with van der Waals surface area (Å²) >= 11 is 0. The van der Waals surface area contributed by atoms with Gasteiger partial charge in [0, 0.05) is 0 Å². The highest BCUT2D eigenvalue weighted by Gasteiger charge is 2.50. The second-order valence-electron chi connectivity index (χ2n) is 10.4. The van der Waals surface area contributed by atoms with E-state index in [4.69, 9.17) is 0 Å². The van der Waals surface area contributed by atoms with Crippen LogP contribution in [0.4, 0.5) is 0 Å². The van der Waals surface area contributed by atoms with Crippen molar-refractivity contribution in [1.82, 2.24) is 0 Å². The number of aldehydes is 1. The van der Waals surface area contributed by atoms with E-state index in [1.165, 1.54) is 0 Å². The fourth-order valence-corrected chi connectivity index (χ4v) is 5.97. The minimum absolute atomic E-state index is 0.0827. The smallest absolute Gasteiger partial charge is 0.163 e. The van der Waals surface area contributed by atoms with Gasteiger partial charge in [-0.2, -0.15) is 0 Å². The van der Waals surface area contributed by atoms with Gasteiger partial charge in [0.2, 0.25) is 0 Å². The Labute approximate surface area is 174 Å². The molecule has 29 heavy (non-hydrogen) atoms. The van der Waals surface area contributed by atoms with Gasteiger partial charge in [0.05, 0.1) is 11.5 Å². The lowest BCUT2D eigenvalue weighted by Crippen LogP contribution is -2.35. The zero-order chi connectivity index (χ0) is 21.6. The molecule has 1 saturated carbocycles. The van der Waals surface area contributed by atoms with Gasteiger partial charge in [-0.3, -0.25) is 9.59 Å². The van der Waals surface area contributed by atoms with Crippen LogP contribution in [-0.2, 0) is 9.59 Å². The molecule has 1 fully saturated rings. The molecule has 0 spiro atoms. The van der Waals surface area contributed by atoms with Crippen LogP contribution in [0.25, 0.3) is 0 Å². The first-order valence-electron chi connectivity index (χ1n) is 10.9. The summed E-state index contributed by atoms with van der Waals surface area (Å²) in [5.74, 6) is 1.08. The van der Waals surface area contributed by atoms with Gasteiger partial charge in [-0.15, -0.1) is 0 Å². The summed E-state index contributed by atoms with van der Waals surface area (Å²) in [5, 5.41) is 20.1. The zero-order valence-electron chi connectivity index (χ0n) is 18.4. The van der Waals surface area contributed by atoms with Crippen LogP contribution >= 0.6 is 0 Å². The van der Waals surface area contributed by atoms with Crippen LogP contribution in [0.2, 0.25) is 0 Å². The number of aliphatic hydroxyl groups is 2. The Morgan fingerprint density at radius 3 is 2.62 bits per heavy atom. The Morgan fingerprint density at radius 1 is 1.31 bits per heavy atom. The molecule has 0 aromatic rings. The molecule has 0 aromatic carbocycles. The molecule has 2 N–H and O–H groups in total. The van der Waals surface area contributed by atoms with Crippen LogP contribution in [0.1, 0.15) is 60.3 Å². The SMILES string of the molecule is CC1=CC(=O)[C@@H]2/C(C=O)=C\C[C@H]3[C@@H]([C@@H](C)/C=C\[C@@H](O)C(C)(C)O)CC[C@]3(C)C[C@H]12. The molecule has 0 aliphatic heterocycles. The van der Waals surface area contributed by atoms with E-state index in [9.17, 15) is 19.8 Å². The topological polar surface area (TPSA) is 74.6 Å². The molecule has 3 aliphatic rings. The molecular formula is C25H36O4. The van der Waals surface area contributed by atoms with Gasteiger partial charge in [-0.05, 0) is 87.2 Å². The maximum absolute atomic E-state index is 12.5. The number of hydrogen-bond donors (Lipinski definition) is 2. The molecule has 0 aromatic heterocycles. The quantitative estimate of drug-likeness (QED) is 0.540. The summed E-state index contributed by atoms with van der Waals surface area (Å²) in [6.07, 6.45) is 11.5. The minimum Gasteiger partial charge on any atom is -0.387 e. The molecular weight excluding hydrogens is 364 g/mol. The maximum atomic E-state index is 12.5. The fourth-order valence-electron chi connectivity index (χ4n) is 5.97. The van der Waals surface area contributed by atoms with Gasteiger partial charge in [-0.1, -0.05) is 37.6 Å². The van der Waals surface area contributed by atoms with Crippen LogP contribution in [0, 0.1) is 35.0 Å². The van der Waals surface area contributed by atoms with Crippen molar-refractivity contribution in [3.63, 3.8) is 0 Å². The van der Waals surface area contributed by atoms with Gasteiger partial charge in [0.25, 0.3) is 0 Å². The van der Waals surface area contributed by atoms with E-state index >= 15 is 0 Å². The van der Waals surface area contributed by atoms with Crippen molar-refractivity contribution >= 4 is 12.1 Å². The van der Waals surface area contributed by atoms with Gasteiger partial charge in [-0.25, -0.2) is 0 Å². The van der Waals surface area contributed by atoms with E-state index in [0.717, 1.165) is 37.5 Å². The molecule has 4 nitrogen and oxygen atoms in total. The molecule has 7 atom stereocenters. The Hall–Kier alpha value is -1.52. The third-order valence-corrected chi connectivity index (χ3v) is 7.91. The van der Waals surface area contributed by atoms with Gasteiger partial charge < -0.3 is 10.2 Å². The highest BCUT2D eigenvalue weighted by atomic mass is 16.3. The van der Waals surface area contributed by atoms with Crippen molar-refractivity contribution < 1.29 is 19.8 Å². The lowest BCUT2D eigenvalue weighted by Gasteiger charge is -2.40. The molecule has 0 bridgehead atoms. The predicted molar refractivity (Wildman–Crippen MR) is 114 cm³/mol. The first kappa shape index (κ1) is 22.2. The third kappa shape index (κ3) is 4.20. The number of ketones is 1. The van der Waals surface area contributed by atoms with Crippen LogP contribution in [0.5, 0.6) is 0 Å². The maximum Gasteiger partial charge on any atom is 0.163 e. The summed E-state index contributed by atoms with van der Waals surface area (Å²) in [5.41, 5.74) is 0.742. The van der Waals surface area contributed by atoms with Crippen LogP contribution in [-0.4, -0.2) is 34.0 Å². The molecule has 160 valence electrons. The van der Waals surface area contributed by atoms with Crippen molar-refractivity contribution in [2.45, 2.75) is 72.0 Å². The number of rotatable bonds is 5. The average Bonchev–Trinajstić information content (AvgIpc) is 3.08. The zero-order valence-corrected chi connectivity index (χ0v) is 18.4. The Morgan fingerprint density at radius 2 is 2.00 bits per heavy atom. The molecule has 0 saturated heterocycles. The Kier molecular flexibility index (Phi) is 6.08. The largest absolute Gasteiger partial charge is 0.387 e. The van der Waals surface area contributed by atoms with Crippen LogP contribution in [0.15, 0.2) is 35.5 Å². The van der Waals surface area contributed by atoms with E-state index in [0.29, 0.717) is 17.4 Å². The Balaban J connectivity index is 1.86. The normalized spacial score (nSPS) is 39.1. The number of carbonyl (C=O) groups excluding carboxylic acids is 2. The molecule has 3 aliphatic carbocycles. The van der Waals surface area contributed by atoms with E-state index in [-0.39, 0.29) is 29.0 Å². The Bertz CT molecular complexity index is 753. The number of aliphatic hydroxyl groups excluding tert-OH is 1. The van der Waals surface area contributed by atoms with Gasteiger partial charge in [0.15, 0.2) is 5.78 Å². The number of allylic oxidation sites excluding steroid dienone is 5. The summed E-state index contributed by atoms with van der Waals surface area (Å²) in [6.45, 7) is 9.78. The summed E-state index contributed by atoms with van der Waals surface area (Å²) in [6, 6.07) is 0. The number of carbonyl (C=O) groups is 2. The molecule has 3 rings (SSSR count). The lowest BCUT2D eigenvalue weighted by atomic mass is 9.63. The van der Waals surface area contributed by atoms with E-state index in [1.54, 1.807) is 26.0 Å². The van der Waals surface area contributed by atoms with Crippen molar-refractivity contribution in [2.24, 2.45) is 35.0 Å². The van der Waals surface area contributed by atoms with Crippen molar-refractivity contribution in [1.29, 1.82) is 0 Å². The predicted octanol–water partition coefficient (Wildman–Crippen LogP) is 4.02. The molecule has 0 amide bonds. The van der Waals surface area contributed by atoms with Gasteiger partial charge in [0.1, 0.15) is 12.4 Å². The van der Waals surface area contributed by atoms with Crippen molar-refractivity contribution in [3.05, 3.63) is 35.5 Å². The number of hydrogen-bond acceptors (Lipinski definition) is 4. The summed E-state index contributed by atoms with van der Waals surface area (Å²) in [4.78, 5) is 24.3. The molecule has 0 heterocycles. The molecule has 4 heteroatoms. The summed E-state index contributed by atoms with van der Waals surface area (Å²) < 4.78 is 0. The van der Waals surface area contributed by atoms with Crippen molar-refractivity contribution in [3.8, 4) is 0 Å². The van der Waals surface area contributed by atoms with Gasteiger partial charge >= 0.3 is 0 Å². The standard InChI is InChI=1S/C25H36O4/c1-15(6-9-22(28)24(3,4)29)18-10-11-25(5)13-19-16(2)12-21(27)23(19)17(14-26)7-8-20(18)25/h6-7,9,12,14-15,18-20,22-23,28-29H,8,10-11,13H2,1-5H3/b9-6-,17-7-/t15-,18+,19+,20-,22+,23+,25+/m0/s1. The second kappa shape index (κ2) is 7.96. The lowest BCUT2D eigenvalue weighted by molar-refractivity contribution is -0.119. The molecule has 0 radical (unpaired) electrons. The fraction of sp³-hybridized carbons (Fsp3) is 0.680. The van der Waals surface area contributed by atoms with Crippen LogP contribution < -0.4 is 0 Å². The first-order chi connectivity index (χ1) is 13.5. The highest BCUT2D eigenvalue weighted by Crippen LogP contribution is 2.58. The van der Waals surface area contributed by atoms with E-state index in [2.05, 4.69) is 13.8 Å².